The second-order valence-corrected chi connectivity index (χ2v) is 5.27. The second-order valence-electron chi connectivity index (χ2n) is 5.27. The first-order chi connectivity index (χ1) is 9.72. The van der Waals surface area contributed by atoms with Crippen molar-refractivity contribution in [2.24, 2.45) is 0 Å². The predicted molar refractivity (Wildman–Crippen MR) is 80.9 cm³/mol. The minimum atomic E-state index is 0.268. The van der Waals surface area contributed by atoms with Gasteiger partial charge in [-0.1, -0.05) is 24.0 Å². The van der Waals surface area contributed by atoms with Gasteiger partial charge in [0.2, 0.25) is 0 Å². The summed E-state index contributed by atoms with van der Waals surface area (Å²) in [4.78, 5) is 11.8. The van der Waals surface area contributed by atoms with Gasteiger partial charge in [-0.15, -0.1) is 0 Å². The van der Waals surface area contributed by atoms with Crippen LogP contribution in [-0.2, 0) is 6.42 Å². The molecule has 1 nitrogen and oxygen atoms in total. The lowest BCUT2D eigenvalue weighted by molar-refractivity contribution is 0.0972. The normalized spacial score (nSPS) is 13.3. The number of aryl methyl sites for hydroxylation is 2. The molecule has 3 rings (SSSR count). The Hall–Kier alpha value is -2.33. The third kappa shape index (κ3) is 2.65. The summed E-state index contributed by atoms with van der Waals surface area (Å²) in [5.41, 5.74) is 5.27. The van der Waals surface area contributed by atoms with E-state index in [-0.39, 0.29) is 5.78 Å². The Bertz CT molecular complexity index is 729. The van der Waals surface area contributed by atoms with Crippen LogP contribution in [0.3, 0.4) is 0 Å². The van der Waals surface area contributed by atoms with Crippen LogP contribution in [0.4, 0.5) is 0 Å². The van der Waals surface area contributed by atoms with Crippen molar-refractivity contribution in [2.45, 2.75) is 26.2 Å². The number of carbonyl (C=O) groups is 1. The molecule has 0 heterocycles. The average molecular weight is 260 g/mol. The summed E-state index contributed by atoms with van der Waals surface area (Å²) in [6.45, 7) is 2.07. The van der Waals surface area contributed by atoms with Crippen LogP contribution in [0.25, 0.3) is 0 Å². The summed E-state index contributed by atoms with van der Waals surface area (Å²) in [6, 6.07) is 14.1. The molecular formula is C19H16O. The molecule has 0 unspecified atom stereocenters. The molecule has 98 valence electrons. The molecule has 0 saturated heterocycles. The van der Waals surface area contributed by atoms with Crippen molar-refractivity contribution in [1.82, 2.24) is 0 Å². The smallest absolute Gasteiger partial charge is 0.163 e. The lowest BCUT2D eigenvalue weighted by Gasteiger charge is -2.14. The molecule has 0 radical (unpaired) electrons. The lowest BCUT2D eigenvalue weighted by Crippen LogP contribution is -2.10. The molecule has 2 aromatic carbocycles. The first kappa shape index (κ1) is 12.7. The molecule has 0 spiro atoms. The molecule has 0 aliphatic heterocycles. The van der Waals surface area contributed by atoms with Gasteiger partial charge >= 0.3 is 0 Å². The third-order valence-corrected chi connectivity index (χ3v) is 3.62. The van der Waals surface area contributed by atoms with E-state index in [9.17, 15) is 4.79 Å². The fourth-order valence-electron chi connectivity index (χ4n) is 2.59. The zero-order chi connectivity index (χ0) is 13.9. The Labute approximate surface area is 119 Å². The van der Waals surface area contributed by atoms with E-state index < -0.39 is 0 Å². The van der Waals surface area contributed by atoms with Crippen molar-refractivity contribution in [3.05, 3.63) is 70.3 Å². The van der Waals surface area contributed by atoms with Gasteiger partial charge in [0.1, 0.15) is 0 Å². The first-order valence-corrected chi connectivity index (χ1v) is 6.97. The van der Waals surface area contributed by atoms with Crippen LogP contribution < -0.4 is 0 Å². The Morgan fingerprint density at radius 3 is 2.55 bits per heavy atom. The molecule has 0 amide bonds. The van der Waals surface area contributed by atoms with E-state index >= 15 is 0 Å². The number of fused-ring (bicyclic) bond motifs is 1. The predicted octanol–water partition coefficient (Wildman–Crippen LogP) is 3.91. The first-order valence-electron chi connectivity index (χ1n) is 6.97. The Morgan fingerprint density at radius 1 is 0.950 bits per heavy atom. The molecule has 1 heteroatoms. The maximum atomic E-state index is 11.8. The van der Waals surface area contributed by atoms with E-state index in [0.29, 0.717) is 6.42 Å². The topological polar surface area (TPSA) is 17.1 Å². The lowest BCUT2D eigenvalue weighted by atomic mass is 9.89. The van der Waals surface area contributed by atoms with Crippen molar-refractivity contribution in [3.8, 4) is 11.8 Å². The van der Waals surface area contributed by atoms with Gasteiger partial charge < -0.3 is 0 Å². The van der Waals surface area contributed by atoms with E-state index in [4.69, 9.17) is 0 Å². The summed E-state index contributed by atoms with van der Waals surface area (Å²) in [5, 5.41) is 0. The van der Waals surface area contributed by atoms with Crippen molar-refractivity contribution < 1.29 is 4.79 Å². The molecular weight excluding hydrogens is 244 g/mol. The average Bonchev–Trinajstić information content (AvgIpc) is 2.45. The highest BCUT2D eigenvalue weighted by Crippen LogP contribution is 2.22. The third-order valence-electron chi connectivity index (χ3n) is 3.62. The van der Waals surface area contributed by atoms with Gasteiger partial charge in [-0.2, -0.15) is 0 Å². The summed E-state index contributed by atoms with van der Waals surface area (Å²) >= 11 is 0. The van der Waals surface area contributed by atoms with Crippen LogP contribution >= 0.6 is 0 Å². The minimum Gasteiger partial charge on any atom is -0.294 e. The Balaban J connectivity index is 1.91. The van der Waals surface area contributed by atoms with E-state index in [1.807, 2.05) is 24.3 Å². The zero-order valence-electron chi connectivity index (χ0n) is 11.6. The fraction of sp³-hybridized carbons (Fsp3) is 0.211. The van der Waals surface area contributed by atoms with Gasteiger partial charge in [0.05, 0.1) is 0 Å². The molecule has 0 saturated carbocycles. The van der Waals surface area contributed by atoms with Crippen molar-refractivity contribution in [3.63, 3.8) is 0 Å². The van der Waals surface area contributed by atoms with Crippen LogP contribution in [0.2, 0.25) is 0 Å². The highest BCUT2D eigenvalue weighted by atomic mass is 16.1. The molecule has 0 fully saturated rings. The summed E-state index contributed by atoms with van der Waals surface area (Å²) < 4.78 is 0. The summed E-state index contributed by atoms with van der Waals surface area (Å²) in [6.07, 6.45) is 2.63. The van der Waals surface area contributed by atoms with Crippen molar-refractivity contribution in [2.75, 3.05) is 0 Å². The van der Waals surface area contributed by atoms with Crippen LogP contribution in [0.15, 0.2) is 42.5 Å². The standard InChI is InChI=1S/C19H16O/c1-14-4-2-5-15(12-14)8-9-16-10-11-18-17(13-16)6-3-7-19(18)20/h2,4-5,10-13H,3,6-7H2,1H3. The van der Waals surface area contributed by atoms with Crippen molar-refractivity contribution >= 4 is 5.78 Å². The Morgan fingerprint density at radius 2 is 1.75 bits per heavy atom. The molecule has 0 aromatic heterocycles. The SMILES string of the molecule is Cc1cccc(C#Cc2ccc3c(c2)CCCC3=O)c1. The number of hydrogen-bond donors (Lipinski definition) is 0. The number of carbonyl (C=O) groups excluding carboxylic acids is 1. The van der Waals surface area contributed by atoms with Gasteiger partial charge in [-0.3, -0.25) is 4.79 Å². The highest BCUT2D eigenvalue weighted by molar-refractivity contribution is 5.98. The number of benzene rings is 2. The quantitative estimate of drug-likeness (QED) is 0.656. The fourth-order valence-corrected chi connectivity index (χ4v) is 2.59. The summed E-state index contributed by atoms with van der Waals surface area (Å²) in [5.74, 6) is 6.64. The molecule has 0 bridgehead atoms. The largest absolute Gasteiger partial charge is 0.294 e. The van der Waals surface area contributed by atoms with Crippen LogP contribution in [-0.4, -0.2) is 5.78 Å². The number of ketones is 1. The highest BCUT2D eigenvalue weighted by Gasteiger charge is 2.16. The number of rotatable bonds is 0. The van der Waals surface area contributed by atoms with Crippen LogP contribution in [0.1, 0.15) is 45.5 Å². The van der Waals surface area contributed by atoms with Gasteiger partial charge in [-0.05, 0) is 61.2 Å². The van der Waals surface area contributed by atoms with Crippen LogP contribution in [0.5, 0.6) is 0 Å². The minimum absolute atomic E-state index is 0.268. The monoisotopic (exact) mass is 260 g/mol. The van der Waals surface area contributed by atoms with Crippen LogP contribution in [0, 0.1) is 18.8 Å². The summed E-state index contributed by atoms with van der Waals surface area (Å²) in [7, 11) is 0. The molecule has 1 aliphatic rings. The Kier molecular flexibility index (Phi) is 3.39. The molecule has 0 atom stereocenters. The zero-order valence-corrected chi connectivity index (χ0v) is 11.6. The molecule has 2 aromatic rings. The second kappa shape index (κ2) is 5.35. The van der Waals surface area contributed by atoms with Gasteiger partial charge in [-0.25, -0.2) is 0 Å². The maximum Gasteiger partial charge on any atom is 0.163 e. The number of Topliss-reactive ketones (excluding diaryl/α,β-unsaturated/α-hetero) is 1. The van der Waals surface area contributed by atoms with E-state index in [0.717, 1.165) is 35.1 Å². The van der Waals surface area contributed by atoms with Gasteiger partial charge in [0, 0.05) is 23.1 Å². The molecule has 0 N–H and O–H groups in total. The molecule has 20 heavy (non-hydrogen) atoms. The molecule has 1 aliphatic carbocycles. The van der Waals surface area contributed by atoms with Crippen molar-refractivity contribution in [1.29, 1.82) is 0 Å². The van der Waals surface area contributed by atoms with E-state index in [1.54, 1.807) is 0 Å². The van der Waals surface area contributed by atoms with E-state index in [2.05, 4.69) is 37.0 Å². The van der Waals surface area contributed by atoms with Gasteiger partial charge in [0.25, 0.3) is 0 Å². The maximum absolute atomic E-state index is 11.8. The number of hydrogen-bond acceptors (Lipinski definition) is 1. The van der Waals surface area contributed by atoms with Gasteiger partial charge in [0.15, 0.2) is 5.78 Å². The van der Waals surface area contributed by atoms with E-state index in [1.165, 1.54) is 5.56 Å².